The lowest BCUT2D eigenvalue weighted by Gasteiger charge is -2.32. The van der Waals surface area contributed by atoms with Crippen LogP contribution in [0.15, 0.2) is 18.7 Å². The number of imidazole rings is 1. The van der Waals surface area contributed by atoms with Gasteiger partial charge in [0.25, 0.3) is 0 Å². The van der Waals surface area contributed by atoms with Crippen LogP contribution in [0, 0.1) is 11.3 Å². The van der Waals surface area contributed by atoms with Gasteiger partial charge in [-0.3, -0.25) is 4.79 Å². The molecular weight excluding hydrogens is 276 g/mol. The molecule has 0 radical (unpaired) electrons. The summed E-state index contributed by atoms with van der Waals surface area (Å²) in [4.78, 5) is 22.0. The standard InChI is InChI=1S/C17H26N4O/c1-19-9-14-3-2-4-15(19)11-21(10-14)16(22)17(5-6-17)12-20-8-7-18-13-20/h7-8,13-15H,2-6,9-12H2,1H3/t14-,15-/m0/s1. The van der Waals surface area contributed by atoms with Crippen molar-refractivity contribution >= 4 is 5.91 Å². The van der Waals surface area contributed by atoms with Crippen molar-refractivity contribution in [3.8, 4) is 0 Å². The smallest absolute Gasteiger partial charge is 0.230 e. The molecule has 5 nitrogen and oxygen atoms in total. The Hall–Kier alpha value is -1.36. The lowest BCUT2D eigenvalue weighted by Crippen LogP contribution is -2.45. The quantitative estimate of drug-likeness (QED) is 0.852. The Balaban J connectivity index is 1.50. The number of hydrogen-bond donors (Lipinski definition) is 0. The summed E-state index contributed by atoms with van der Waals surface area (Å²) >= 11 is 0. The molecule has 3 heterocycles. The summed E-state index contributed by atoms with van der Waals surface area (Å²) in [7, 11) is 2.23. The minimum atomic E-state index is -0.141. The van der Waals surface area contributed by atoms with Crippen molar-refractivity contribution in [3.05, 3.63) is 18.7 Å². The number of hydrogen-bond acceptors (Lipinski definition) is 3. The second-order valence-corrected chi connectivity index (χ2v) is 7.62. The predicted molar refractivity (Wildman–Crippen MR) is 84.2 cm³/mol. The first-order valence-corrected chi connectivity index (χ1v) is 8.62. The van der Waals surface area contributed by atoms with Gasteiger partial charge in [0.2, 0.25) is 5.91 Å². The molecule has 2 bridgehead atoms. The number of carbonyl (C=O) groups excluding carboxylic acids is 1. The molecule has 0 N–H and O–H groups in total. The second-order valence-electron chi connectivity index (χ2n) is 7.62. The molecule has 2 saturated heterocycles. The van der Waals surface area contributed by atoms with E-state index in [9.17, 15) is 4.79 Å². The molecule has 2 aliphatic heterocycles. The Morgan fingerprint density at radius 3 is 2.86 bits per heavy atom. The maximum Gasteiger partial charge on any atom is 0.230 e. The van der Waals surface area contributed by atoms with E-state index in [0.717, 1.165) is 39.0 Å². The van der Waals surface area contributed by atoms with E-state index < -0.39 is 0 Å². The highest BCUT2D eigenvalue weighted by Gasteiger charge is 2.52. The molecule has 0 unspecified atom stereocenters. The van der Waals surface area contributed by atoms with Crippen molar-refractivity contribution in [2.24, 2.45) is 11.3 Å². The van der Waals surface area contributed by atoms with Gasteiger partial charge in [0.05, 0.1) is 11.7 Å². The third-order valence-electron chi connectivity index (χ3n) is 5.87. The Labute approximate surface area is 132 Å². The van der Waals surface area contributed by atoms with Crippen LogP contribution in [-0.2, 0) is 11.3 Å². The minimum absolute atomic E-state index is 0.141. The van der Waals surface area contributed by atoms with E-state index in [1.165, 1.54) is 19.3 Å². The van der Waals surface area contributed by atoms with Gasteiger partial charge in [0.15, 0.2) is 0 Å². The van der Waals surface area contributed by atoms with Crippen LogP contribution >= 0.6 is 0 Å². The third kappa shape index (κ3) is 2.56. The molecule has 1 aromatic heterocycles. The molecule has 120 valence electrons. The summed E-state index contributed by atoms with van der Waals surface area (Å²) in [5.41, 5.74) is -0.141. The predicted octanol–water partition coefficient (Wildman–Crippen LogP) is 1.61. The van der Waals surface area contributed by atoms with Crippen LogP contribution in [0.3, 0.4) is 0 Å². The number of nitrogens with zero attached hydrogens (tertiary/aromatic N) is 4. The molecule has 0 spiro atoms. The summed E-state index contributed by atoms with van der Waals surface area (Å²) < 4.78 is 2.07. The number of fused-ring (bicyclic) bond motifs is 3. The van der Waals surface area contributed by atoms with Gasteiger partial charge < -0.3 is 14.4 Å². The van der Waals surface area contributed by atoms with Crippen molar-refractivity contribution in [1.29, 1.82) is 0 Å². The lowest BCUT2D eigenvalue weighted by atomic mass is 9.97. The van der Waals surface area contributed by atoms with Crippen LogP contribution in [-0.4, -0.2) is 58.0 Å². The number of amides is 1. The van der Waals surface area contributed by atoms with E-state index in [1.54, 1.807) is 6.20 Å². The van der Waals surface area contributed by atoms with Crippen molar-refractivity contribution in [2.75, 3.05) is 26.7 Å². The van der Waals surface area contributed by atoms with Gasteiger partial charge in [0.1, 0.15) is 0 Å². The first-order valence-electron chi connectivity index (χ1n) is 8.62. The monoisotopic (exact) mass is 302 g/mol. The average Bonchev–Trinajstić information content (AvgIpc) is 3.15. The second kappa shape index (κ2) is 5.37. The Morgan fingerprint density at radius 1 is 1.27 bits per heavy atom. The minimum Gasteiger partial charge on any atom is -0.340 e. The molecule has 3 aliphatic rings. The van der Waals surface area contributed by atoms with Crippen LogP contribution in [0.5, 0.6) is 0 Å². The highest BCUT2D eigenvalue weighted by Crippen LogP contribution is 2.49. The Morgan fingerprint density at radius 2 is 2.14 bits per heavy atom. The number of likely N-dealkylation sites (N-methyl/N-ethyl adjacent to an activating group) is 1. The third-order valence-corrected chi connectivity index (χ3v) is 5.87. The lowest BCUT2D eigenvalue weighted by molar-refractivity contribution is -0.138. The van der Waals surface area contributed by atoms with Crippen LogP contribution in [0.4, 0.5) is 0 Å². The highest BCUT2D eigenvalue weighted by atomic mass is 16.2. The van der Waals surface area contributed by atoms with E-state index >= 15 is 0 Å². The maximum atomic E-state index is 13.2. The van der Waals surface area contributed by atoms with E-state index in [0.29, 0.717) is 17.9 Å². The van der Waals surface area contributed by atoms with Crippen molar-refractivity contribution in [2.45, 2.75) is 44.7 Å². The molecule has 4 rings (SSSR count). The summed E-state index contributed by atoms with van der Waals surface area (Å²) in [5, 5.41) is 0. The molecule has 3 fully saturated rings. The summed E-state index contributed by atoms with van der Waals surface area (Å²) in [6, 6.07) is 0.556. The fourth-order valence-electron chi connectivity index (χ4n) is 4.35. The van der Waals surface area contributed by atoms with E-state index in [-0.39, 0.29) is 5.41 Å². The number of rotatable bonds is 3. The van der Waals surface area contributed by atoms with Gasteiger partial charge in [-0.15, -0.1) is 0 Å². The largest absolute Gasteiger partial charge is 0.340 e. The first kappa shape index (κ1) is 14.2. The number of likely N-dealkylation sites (tertiary alicyclic amines) is 1. The van der Waals surface area contributed by atoms with Crippen molar-refractivity contribution < 1.29 is 4.79 Å². The molecular formula is C17H26N4O. The SMILES string of the molecule is CN1C[C@@H]2CCC[C@H]1CN(C(=O)C1(Cn3ccnc3)CC1)C2. The molecule has 5 heteroatoms. The number of carbonyl (C=O) groups is 1. The van der Waals surface area contributed by atoms with E-state index in [4.69, 9.17) is 0 Å². The Bertz CT molecular complexity index is 537. The fourth-order valence-corrected chi connectivity index (χ4v) is 4.35. The van der Waals surface area contributed by atoms with Gasteiger partial charge in [-0.25, -0.2) is 4.98 Å². The molecule has 1 saturated carbocycles. The Kier molecular flexibility index (Phi) is 3.48. The van der Waals surface area contributed by atoms with Gasteiger partial charge in [-0.05, 0) is 38.6 Å². The number of aromatic nitrogens is 2. The van der Waals surface area contributed by atoms with Crippen molar-refractivity contribution in [1.82, 2.24) is 19.4 Å². The fraction of sp³-hybridized carbons (Fsp3) is 0.765. The van der Waals surface area contributed by atoms with Crippen LogP contribution in [0.25, 0.3) is 0 Å². The molecule has 2 atom stereocenters. The topological polar surface area (TPSA) is 41.4 Å². The maximum absolute atomic E-state index is 13.2. The van der Waals surface area contributed by atoms with Gasteiger partial charge in [0, 0.05) is 44.6 Å². The van der Waals surface area contributed by atoms with E-state index in [1.807, 2.05) is 12.5 Å². The van der Waals surface area contributed by atoms with Crippen LogP contribution in [0.1, 0.15) is 32.1 Å². The zero-order valence-corrected chi connectivity index (χ0v) is 13.4. The molecule has 1 amide bonds. The normalized spacial score (nSPS) is 30.9. The van der Waals surface area contributed by atoms with Gasteiger partial charge >= 0.3 is 0 Å². The molecule has 0 aromatic carbocycles. The van der Waals surface area contributed by atoms with Gasteiger partial charge in [-0.1, -0.05) is 6.42 Å². The molecule has 1 aromatic rings. The zero-order valence-electron chi connectivity index (χ0n) is 13.4. The van der Waals surface area contributed by atoms with Crippen LogP contribution < -0.4 is 0 Å². The van der Waals surface area contributed by atoms with Crippen LogP contribution in [0.2, 0.25) is 0 Å². The summed E-state index contributed by atoms with van der Waals surface area (Å²) in [6.07, 6.45) is 11.5. The van der Waals surface area contributed by atoms with E-state index in [2.05, 4.69) is 26.4 Å². The summed E-state index contributed by atoms with van der Waals surface area (Å²) in [6.45, 7) is 3.85. The highest BCUT2D eigenvalue weighted by molar-refractivity contribution is 5.85. The van der Waals surface area contributed by atoms with Crippen molar-refractivity contribution in [3.63, 3.8) is 0 Å². The first-order chi connectivity index (χ1) is 10.7. The molecule has 1 aliphatic carbocycles. The average molecular weight is 302 g/mol. The summed E-state index contributed by atoms with van der Waals surface area (Å²) in [5.74, 6) is 1.05. The zero-order chi connectivity index (χ0) is 15.2. The van der Waals surface area contributed by atoms with Gasteiger partial charge in [-0.2, -0.15) is 0 Å². The molecule has 22 heavy (non-hydrogen) atoms.